The zero-order chi connectivity index (χ0) is 17.8. The molecule has 1 aliphatic heterocycles. The Morgan fingerprint density at radius 2 is 2.20 bits per heavy atom. The van der Waals surface area contributed by atoms with Gasteiger partial charge in [0.2, 0.25) is 5.13 Å². The third-order valence-electron chi connectivity index (χ3n) is 3.49. The lowest BCUT2D eigenvalue weighted by molar-refractivity contribution is -0.121. The maximum Gasteiger partial charge on any atom is 0.267 e. The number of benzene rings is 1. The summed E-state index contributed by atoms with van der Waals surface area (Å²) in [5, 5.41) is 10.3. The molecule has 0 saturated carbocycles. The zero-order valence-electron chi connectivity index (χ0n) is 14.1. The predicted octanol–water partition coefficient (Wildman–Crippen LogP) is 4.20. The lowest BCUT2D eigenvalue weighted by Gasteiger charge is -2.11. The minimum atomic E-state index is -0.0645. The predicted molar refractivity (Wildman–Crippen MR) is 105 cm³/mol. The summed E-state index contributed by atoms with van der Waals surface area (Å²) in [5.41, 5.74) is 2.16. The normalized spacial score (nSPS) is 17.7. The van der Waals surface area contributed by atoms with Gasteiger partial charge in [0.05, 0.1) is 4.91 Å². The van der Waals surface area contributed by atoms with E-state index < -0.39 is 0 Å². The van der Waals surface area contributed by atoms with Crippen molar-refractivity contribution in [1.29, 1.82) is 0 Å². The molecule has 25 heavy (non-hydrogen) atoms. The average molecular weight is 371 g/mol. The van der Waals surface area contributed by atoms with Crippen LogP contribution in [0.2, 0.25) is 0 Å². The Kier molecular flexibility index (Phi) is 5.45. The molecule has 0 unspecified atom stereocenters. The highest BCUT2D eigenvalue weighted by Gasteiger charge is 2.32. The van der Waals surface area contributed by atoms with Crippen molar-refractivity contribution >= 4 is 45.4 Å². The molecule has 0 atom stereocenters. The molecule has 1 amide bonds. The Bertz CT molecular complexity index is 869. The summed E-state index contributed by atoms with van der Waals surface area (Å²) < 4.78 is 0. The standard InChI is InChI=1S/C18H18N4OS2/c1-4-9-22-16(23)14(11-13-8-6-7-12(3)10-13)24-18(22)19-17-21-20-15(5-2)25-17/h4,6-8,10-11H,1,5,9H2,2-3H3/b14-11+,19-18?. The average Bonchev–Trinajstić information content (AvgIpc) is 3.15. The molecule has 7 heteroatoms. The van der Waals surface area contributed by atoms with Crippen LogP contribution in [0.4, 0.5) is 5.13 Å². The van der Waals surface area contributed by atoms with E-state index in [0.29, 0.717) is 21.7 Å². The molecular formula is C18H18N4OS2. The lowest BCUT2D eigenvalue weighted by atomic mass is 10.1. The Hall–Kier alpha value is -2.25. The van der Waals surface area contributed by atoms with Gasteiger partial charge >= 0.3 is 0 Å². The lowest BCUT2D eigenvalue weighted by Crippen LogP contribution is -2.29. The fourth-order valence-corrected chi connectivity index (χ4v) is 4.00. The zero-order valence-corrected chi connectivity index (χ0v) is 15.7. The topological polar surface area (TPSA) is 58.5 Å². The van der Waals surface area contributed by atoms with Crippen LogP contribution in [0.15, 0.2) is 46.8 Å². The van der Waals surface area contributed by atoms with Crippen molar-refractivity contribution in [3.63, 3.8) is 0 Å². The summed E-state index contributed by atoms with van der Waals surface area (Å²) in [7, 11) is 0. The van der Waals surface area contributed by atoms with Gasteiger partial charge in [-0.2, -0.15) is 4.99 Å². The van der Waals surface area contributed by atoms with Crippen LogP contribution in [0, 0.1) is 6.92 Å². The van der Waals surface area contributed by atoms with Crippen molar-refractivity contribution in [3.8, 4) is 0 Å². The van der Waals surface area contributed by atoms with Gasteiger partial charge in [-0.3, -0.25) is 9.69 Å². The van der Waals surface area contributed by atoms with Crippen LogP contribution in [0.25, 0.3) is 6.08 Å². The number of nitrogens with zero attached hydrogens (tertiary/aromatic N) is 4. The molecule has 0 aliphatic carbocycles. The Morgan fingerprint density at radius 3 is 2.88 bits per heavy atom. The number of thioether (sulfide) groups is 1. The van der Waals surface area contributed by atoms with Crippen molar-refractivity contribution < 1.29 is 4.79 Å². The molecule has 0 bridgehead atoms. The second-order valence-electron chi connectivity index (χ2n) is 5.46. The Balaban J connectivity index is 1.93. The highest BCUT2D eigenvalue weighted by Crippen LogP contribution is 2.34. The highest BCUT2D eigenvalue weighted by atomic mass is 32.2. The molecule has 0 N–H and O–H groups in total. The molecule has 128 valence electrons. The first-order valence-corrected chi connectivity index (χ1v) is 9.54. The number of carbonyl (C=O) groups is 1. The number of aromatic nitrogens is 2. The first kappa shape index (κ1) is 17.6. The largest absolute Gasteiger partial charge is 0.282 e. The van der Waals surface area contributed by atoms with E-state index >= 15 is 0 Å². The number of amides is 1. The number of aryl methyl sites for hydroxylation is 2. The van der Waals surface area contributed by atoms with Gasteiger partial charge in [0.15, 0.2) is 5.17 Å². The Labute approximate surface area is 155 Å². The van der Waals surface area contributed by atoms with Crippen molar-refractivity contribution in [2.75, 3.05) is 6.54 Å². The maximum atomic E-state index is 12.7. The molecule has 5 nitrogen and oxygen atoms in total. The number of carbonyl (C=O) groups excluding carboxylic acids is 1. The van der Waals surface area contributed by atoms with Gasteiger partial charge < -0.3 is 0 Å². The summed E-state index contributed by atoms with van der Waals surface area (Å²) in [6, 6.07) is 8.05. The van der Waals surface area contributed by atoms with Crippen LogP contribution in [-0.4, -0.2) is 32.7 Å². The van der Waals surface area contributed by atoms with Gasteiger partial charge in [-0.05, 0) is 36.7 Å². The first-order valence-electron chi connectivity index (χ1n) is 7.90. The van der Waals surface area contributed by atoms with Gasteiger partial charge in [-0.25, -0.2) is 0 Å². The van der Waals surface area contributed by atoms with E-state index in [1.165, 1.54) is 23.1 Å². The minimum absolute atomic E-state index is 0.0645. The first-order chi connectivity index (χ1) is 12.1. The van der Waals surface area contributed by atoms with Crippen molar-refractivity contribution in [2.45, 2.75) is 20.3 Å². The van der Waals surface area contributed by atoms with Gasteiger partial charge in [0.25, 0.3) is 5.91 Å². The highest BCUT2D eigenvalue weighted by molar-refractivity contribution is 8.18. The van der Waals surface area contributed by atoms with Crippen LogP contribution >= 0.6 is 23.1 Å². The summed E-state index contributed by atoms with van der Waals surface area (Å²) >= 11 is 2.80. The second kappa shape index (κ2) is 7.76. The minimum Gasteiger partial charge on any atom is -0.282 e. The summed E-state index contributed by atoms with van der Waals surface area (Å²) in [6.45, 7) is 8.20. The van der Waals surface area contributed by atoms with Gasteiger partial charge in [0, 0.05) is 6.54 Å². The van der Waals surface area contributed by atoms with Crippen molar-refractivity contribution in [3.05, 3.63) is 58.0 Å². The number of hydrogen-bond acceptors (Lipinski definition) is 6. The quantitative estimate of drug-likeness (QED) is 0.585. The van der Waals surface area contributed by atoms with Crippen LogP contribution in [0.5, 0.6) is 0 Å². The van der Waals surface area contributed by atoms with E-state index in [0.717, 1.165) is 22.6 Å². The van der Waals surface area contributed by atoms with E-state index in [4.69, 9.17) is 0 Å². The molecule has 1 aromatic heterocycles. The van der Waals surface area contributed by atoms with E-state index in [-0.39, 0.29) is 5.91 Å². The fourth-order valence-electron chi connectivity index (χ4n) is 2.31. The van der Waals surface area contributed by atoms with Gasteiger partial charge in [-0.1, -0.05) is 54.2 Å². The SMILES string of the molecule is C=CCN1C(=O)/C(=C\c2cccc(C)c2)SC1=Nc1nnc(CC)s1. The molecule has 2 heterocycles. The fraction of sp³-hybridized carbons (Fsp3) is 0.222. The van der Waals surface area contributed by atoms with E-state index in [9.17, 15) is 4.79 Å². The van der Waals surface area contributed by atoms with E-state index in [2.05, 4.69) is 21.8 Å². The molecule has 1 saturated heterocycles. The number of amidine groups is 1. The van der Waals surface area contributed by atoms with Crippen LogP contribution in [0.3, 0.4) is 0 Å². The van der Waals surface area contributed by atoms with Gasteiger partial charge in [-0.15, -0.1) is 16.8 Å². The van der Waals surface area contributed by atoms with Crippen LogP contribution in [-0.2, 0) is 11.2 Å². The van der Waals surface area contributed by atoms with E-state index in [1.807, 2.05) is 44.2 Å². The monoisotopic (exact) mass is 370 g/mol. The van der Waals surface area contributed by atoms with Crippen molar-refractivity contribution in [1.82, 2.24) is 15.1 Å². The molecule has 0 radical (unpaired) electrons. The summed E-state index contributed by atoms with van der Waals surface area (Å²) in [4.78, 5) is 19.5. The Morgan fingerprint density at radius 1 is 1.36 bits per heavy atom. The third-order valence-corrected chi connectivity index (χ3v) is 5.46. The summed E-state index contributed by atoms with van der Waals surface area (Å²) in [5.74, 6) is -0.0645. The number of rotatable bonds is 5. The van der Waals surface area contributed by atoms with Gasteiger partial charge in [0.1, 0.15) is 5.01 Å². The molecule has 1 fully saturated rings. The van der Waals surface area contributed by atoms with Crippen molar-refractivity contribution in [2.24, 2.45) is 4.99 Å². The number of aliphatic imine (C=N–C) groups is 1. The smallest absolute Gasteiger partial charge is 0.267 e. The second-order valence-corrected chi connectivity index (χ2v) is 7.51. The van der Waals surface area contributed by atoms with E-state index in [1.54, 1.807) is 11.0 Å². The third kappa shape index (κ3) is 4.05. The molecule has 1 aromatic carbocycles. The molecule has 0 spiro atoms. The number of hydrogen-bond donors (Lipinski definition) is 0. The molecule has 3 rings (SSSR count). The molecule has 1 aliphatic rings. The van der Waals surface area contributed by atoms with Crippen LogP contribution < -0.4 is 0 Å². The molecule has 2 aromatic rings. The maximum absolute atomic E-state index is 12.7. The van der Waals surface area contributed by atoms with Crippen LogP contribution in [0.1, 0.15) is 23.1 Å². The molecular weight excluding hydrogens is 352 g/mol. The summed E-state index contributed by atoms with van der Waals surface area (Å²) in [6.07, 6.45) is 4.42.